The van der Waals surface area contributed by atoms with Crippen LogP contribution < -0.4 is 4.90 Å². The molecule has 0 bridgehead atoms. The maximum Gasteiger partial charge on any atom is 0.255 e. The zero-order valence-corrected chi connectivity index (χ0v) is 16.1. The van der Waals surface area contributed by atoms with E-state index in [1.807, 2.05) is 23.1 Å². The lowest BCUT2D eigenvalue weighted by atomic mass is 10.1. The first-order chi connectivity index (χ1) is 13.3. The van der Waals surface area contributed by atoms with Gasteiger partial charge in [-0.05, 0) is 43.4 Å². The number of aromatic nitrogens is 1. The van der Waals surface area contributed by atoms with Crippen molar-refractivity contribution in [2.24, 2.45) is 0 Å². The summed E-state index contributed by atoms with van der Waals surface area (Å²) in [5.74, 6) is 0.997. The van der Waals surface area contributed by atoms with E-state index in [2.05, 4.69) is 34.1 Å². The molecule has 0 atom stereocenters. The number of nitrogens with zero attached hydrogens (tertiary/aromatic N) is 3. The Morgan fingerprint density at radius 2 is 1.89 bits per heavy atom. The summed E-state index contributed by atoms with van der Waals surface area (Å²) >= 11 is 0. The lowest BCUT2D eigenvalue weighted by molar-refractivity contribution is 0.0693. The summed E-state index contributed by atoms with van der Waals surface area (Å²) in [7, 11) is 1.67. The van der Waals surface area contributed by atoms with Gasteiger partial charge in [-0.15, -0.1) is 0 Å². The van der Waals surface area contributed by atoms with Gasteiger partial charge < -0.3 is 14.5 Å². The molecule has 2 aromatic rings. The van der Waals surface area contributed by atoms with Crippen LogP contribution in [0, 0.1) is 0 Å². The number of hydrogen-bond donors (Lipinski definition) is 0. The Morgan fingerprint density at radius 3 is 2.56 bits per heavy atom. The third-order valence-electron chi connectivity index (χ3n) is 5.01. The van der Waals surface area contributed by atoms with Gasteiger partial charge in [-0.3, -0.25) is 4.79 Å². The van der Waals surface area contributed by atoms with E-state index in [9.17, 15) is 4.79 Å². The average molecular weight is 367 g/mol. The van der Waals surface area contributed by atoms with E-state index < -0.39 is 0 Å². The van der Waals surface area contributed by atoms with E-state index in [1.54, 1.807) is 13.3 Å². The van der Waals surface area contributed by atoms with Gasteiger partial charge in [-0.2, -0.15) is 0 Å². The van der Waals surface area contributed by atoms with Crippen LogP contribution in [0.15, 0.2) is 48.7 Å². The highest BCUT2D eigenvalue weighted by atomic mass is 16.5. The first-order valence-corrected chi connectivity index (χ1v) is 9.81. The summed E-state index contributed by atoms with van der Waals surface area (Å²) in [5.41, 5.74) is 1.95. The van der Waals surface area contributed by atoms with Crippen molar-refractivity contribution in [3.63, 3.8) is 0 Å². The predicted molar refractivity (Wildman–Crippen MR) is 108 cm³/mol. The minimum absolute atomic E-state index is 0.0283. The minimum Gasteiger partial charge on any atom is -0.383 e. The van der Waals surface area contributed by atoms with Gasteiger partial charge in [-0.1, -0.05) is 30.3 Å². The minimum atomic E-state index is 0.0283. The van der Waals surface area contributed by atoms with Crippen LogP contribution in [0.2, 0.25) is 0 Å². The molecule has 2 heterocycles. The number of carbonyl (C=O) groups is 1. The summed E-state index contributed by atoms with van der Waals surface area (Å²) in [5, 5.41) is 0. The number of ether oxygens (including phenoxy) is 1. The standard InChI is InChI=1S/C22H29N3O2/c1-27-17-16-25(15-7-10-19-8-3-2-4-9-19)22(26)20-11-12-21(23-18-20)24-13-5-6-14-24/h2-4,8-9,11-12,18H,5-7,10,13-17H2,1H3. The van der Waals surface area contributed by atoms with Gasteiger partial charge in [0.1, 0.15) is 5.82 Å². The SMILES string of the molecule is COCCN(CCCc1ccccc1)C(=O)c1ccc(N2CCCC2)nc1. The van der Waals surface area contributed by atoms with Crippen molar-refractivity contribution in [1.29, 1.82) is 0 Å². The second-order valence-electron chi connectivity index (χ2n) is 6.97. The molecule has 1 aliphatic rings. The van der Waals surface area contributed by atoms with Gasteiger partial charge in [0.15, 0.2) is 0 Å². The van der Waals surface area contributed by atoms with Crippen LogP contribution in [0.1, 0.15) is 35.2 Å². The highest BCUT2D eigenvalue weighted by molar-refractivity contribution is 5.94. The molecule has 1 aromatic carbocycles. The Labute approximate surface area is 162 Å². The second-order valence-corrected chi connectivity index (χ2v) is 6.97. The van der Waals surface area contributed by atoms with Gasteiger partial charge in [0.05, 0.1) is 12.2 Å². The van der Waals surface area contributed by atoms with E-state index in [0.717, 1.165) is 31.7 Å². The molecule has 0 radical (unpaired) electrons. The smallest absolute Gasteiger partial charge is 0.255 e. The third kappa shape index (κ3) is 5.54. The number of benzene rings is 1. The molecule has 144 valence electrons. The fourth-order valence-corrected chi connectivity index (χ4v) is 3.46. The van der Waals surface area contributed by atoms with Crippen LogP contribution in [0.3, 0.4) is 0 Å². The number of amides is 1. The summed E-state index contributed by atoms with van der Waals surface area (Å²) in [4.78, 5) is 21.6. The van der Waals surface area contributed by atoms with Crippen molar-refractivity contribution < 1.29 is 9.53 Å². The molecule has 1 fully saturated rings. The number of hydrogen-bond acceptors (Lipinski definition) is 4. The number of anilines is 1. The van der Waals surface area contributed by atoms with Crippen molar-refractivity contribution in [3.05, 3.63) is 59.8 Å². The molecule has 0 spiro atoms. The molecular formula is C22H29N3O2. The molecule has 0 saturated carbocycles. The number of aryl methyl sites for hydroxylation is 1. The highest BCUT2D eigenvalue weighted by Crippen LogP contribution is 2.18. The molecule has 1 aliphatic heterocycles. The van der Waals surface area contributed by atoms with Crippen molar-refractivity contribution in [1.82, 2.24) is 9.88 Å². The largest absolute Gasteiger partial charge is 0.383 e. The molecule has 0 aliphatic carbocycles. The molecule has 27 heavy (non-hydrogen) atoms. The molecule has 1 amide bonds. The number of rotatable bonds is 9. The molecule has 3 rings (SSSR count). The van der Waals surface area contributed by atoms with Crippen molar-refractivity contribution in [2.75, 3.05) is 44.8 Å². The highest BCUT2D eigenvalue weighted by Gasteiger charge is 2.18. The first-order valence-electron chi connectivity index (χ1n) is 9.81. The van der Waals surface area contributed by atoms with Crippen molar-refractivity contribution >= 4 is 11.7 Å². The van der Waals surface area contributed by atoms with Gasteiger partial charge >= 0.3 is 0 Å². The normalized spacial score (nSPS) is 13.7. The van der Waals surface area contributed by atoms with Gasteiger partial charge in [-0.25, -0.2) is 4.98 Å². The molecule has 0 unspecified atom stereocenters. The van der Waals surface area contributed by atoms with Crippen LogP contribution in [0.4, 0.5) is 5.82 Å². The topological polar surface area (TPSA) is 45.7 Å². The summed E-state index contributed by atoms with van der Waals surface area (Å²) in [6.07, 6.45) is 6.04. The lowest BCUT2D eigenvalue weighted by Gasteiger charge is -2.23. The van der Waals surface area contributed by atoms with Crippen LogP contribution in [-0.2, 0) is 11.2 Å². The molecule has 1 saturated heterocycles. The Morgan fingerprint density at radius 1 is 1.11 bits per heavy atom. The maximum atomic E-state index is 12.9. The number of pyridine rings is 1. The molecular weight excluding hydrogens is 338 g/mol. The summed E-state index contributed by atoms with van der Waals surface area (Å²) in [6.45, 7) is 3.96. The van der Waals surface area contributed by atoms with E-state index in [0.29, 0.717) is 25.3 Å². The zero-order valence-electron chi connectivity index (χ0n) is 16.1. The van der Waals surface area contributed by atoms with Gasteiger partial charge in [0, 0.05) is 39.5 Å². The fourth-order valence-electron chi connectivity index (χ4n) is 3.46. The molecule has 5 nitrogen and oxygen atoms in total. The summed E-state index contributed by atoms with van der Waals surface area (Å²) in [6, 6.07) is 14.3. The van der Waals surface area contributed by atoms with Crippen LogP contribution in [-0.4, -0.2) is 55.7 Å². The fraction of sp³-hybridized carbons (Fsp3) is 0.455. The maximum absolute atomic E-state index is 12.9. The van der Waals surface area contributed by atoms with Crippen LogP contribution in [0.5, 0.6) is 0 Å². The van der Waals surface area contributed by atoms with E-state index >= 15 is 0 Å². The molecule has 5 heteroatoms. The monoisotopic (exact) mass is 367 g/mol. The summed E-state index contributed by atoms with van der Waals surface area (Å²) < 4.78 is 5.19. The quantitative estimate of drug-likeness (QED) is 0.681. The van der Waals surface area contributed by atoms with Crippen molar-refractivity contribution in [2.45, 2.75) is 25.7 Å². The average Bonchev–Trinajstić information content (AvgIpc) is 3.26. The molecule has 0 N–H and O–H groups in total. The Balaban J connectivity index is 1.59. The van der Waals surface area contributed by atoms with E-state index in [-0.39, 0.29) is 5.91 Å². The second kappa shape index (κ2) is 10.1. The number of carbonyl (C=O) groups excluding carboxylic acids is 1. The Bertz CT molecular complexity index is 697. The zero-order chi connectivity index (χ0) is 18.9. The van der Waals surface area contributed by atoms with Gasteiger partial charge in [0.2, 0.25) is 0 Å². The van der Waals surface area contributed by atoms with Crippen LogP contribution >= 0.6 is 0 Å². The number of methoxy groups -OCH3 is 1. The first kappa shape index (κ1) is 19.4. The Kier molecular flexibility index (Phi) is 7.22. The predicted octanol–water partition coefficient (Wildman–Crippen LogP) is 3.40. The Hall–Kier alpha value is -2.40. The van der Waals surface area contributed by atoms with Crippen LogP contribution in [0.25, 0.3) is 0 Å². The van der Waals surface area contributed by atoms with Crippen molar-refractivity contribution in [3.8, 4) is 0 Å². The molecule has 1 aromatic heterocycles. The lowest BCUT2D eigenvalue weighted by Crippen LogP contribution is -2.35. The third-order valence-corrected chi connectivity index (χ3v) is 5.01. The van der Waals surface area contributed by atoms with Gasteiger partial charge in [0.25, 0.3) is 5.91 Å². The van der Waals surface area contributed by atoms with E-state index in [4.69, 9.17) is 4.74 Å². The van der Waals surface area contributed by atoms with E-state index in [1.165, 1.54) is 18.4 Å².